The molecule has 0 radical (unpaired) electrons. The summed E-state index contributed by atoms with van der Waals surface area (Å²) in [6, 6.07) is 10.9. The summed E-state index contributed by atoms with van der Waals surface area (Å²) >= 11 is 6.41. The predicted octanol–water partition coefficient (Wildman–Crippen LogP) is 3.80. The maximum absolute atomic E-state index is 14.6. The van der Waals surface area contributed by atoms with Crippen LogP contribution in [0.15, 0.2) is 71.0 Å². The number of rotatable bonds is 7. The van der Waals surface area contributed by atoms with E-state index in [-0.39, 0.29) is 12.4 Å². The van der Waals surface area contributed by atoms with Crippen LogP contribution in [0.2, 0.25) is 5.02 Å². The molecule has 1 aliphatic heterocycles. The molecule has 3 heterocycles. The molecule has 0 spiro atoms. The van der Waals surface area contributed by atoms with Gasteiger partial charge in [0.25, 0.3) is 5.91 Å². The van der Waals surface area contributed by atoms with Crippen molar-refractivity contribution in [2.24, 2.45) is 10.4 Å². The molecular weight excluding hydrogens is 552 g/mol. The molecule has 1 fully saturated rings. The van der Waals surface area contributed by atoms with E-state index in [1.807, 2.05) is 20.8 Å². The Hall–Kier alpha value is -4.62. The van der Waals surface area contributed by atoms with Crippen molar-refractivity contribution in [2.45, 2.75) is 38.8 Å². The number of amides is 2. The summed E-state index contributed by atoms with van der Waals surface area (Å²) < 4.78 is 6.29. The number of hydrogen-bond donors (Lipinski definition) is 3. The second-order valence-corrected chi connectivity index (χ2v) is 11.1. The minimum atomic E-state index is -1.50. The summed E-state index contributed by atoms with van der Waals surface area (Å²) in [7, 11) is 0. The molecule has 0 aliphatic carbocycles. The van der Waals surface area contributed by atoms with Crippen LogP contribution >= 0.6 is 11.6 Å². The van der Waals surface area contributed by atoms with Crippen LogP contribution in [-0.2, 0) is 10.3 Å². The first-order valence-electron chi connectivity index (χ1n) is 12.6. The molecule has 0 saturated carbocycles. The first kappa shape index (κ1) is 27.9. The maximum Gasteiger partial charge on any atom is 0.434 e. The van der Waals surface area contributed by atoms with Crippen molar-refractivity contribution in [3.8, 4) is 17.1 Å². The lowest BCUT2D eigenvalue weighted by Crippen LogP contribution is -2.47. The van der Waals surface area contributed by atoms with Gasteiger partial charge in [0.05, 0.1) is 23.4 Å². The fraction of sp³-hybridized carbons (Fsp3) is 0.296. The third-order valence-electron chi connectivity index (χ3n) is 6.64. The van der Waals surface area contributed by atoms with Crippen molar-refractivity contribution in [3.63, 3.8) is 0 Å². The summed E-state index contributed by atoms with van der Waals surface area (Å²) in [6.07, 6.45) is 2.81. The van der Waals surface area contributed by atoms with Crippen molar-refractivity contribution in [1.82, 2.24) is 35.1 Å². The SMILES string of the molecule is CC(C)(C)C[C@]1(c2ccc(-c3ncon3)cc2)N/C(=N\C(=O)O)N([C@H](CO)c2ccc(Cl)c(-n3cncn3)c2)C1=O. The number of benzene rings is 2. The average molecular weight is 579 g/mol. The second kappa shape index (κ2) is 10.7. The average Bonchev–Trinajstić information content (AvgIpc) is 3.69. The van der Waals surface area contributed by atoms with E-state index >= 15 is 0 Å². The molecule has 2 aromatic heterocycles. The van der Waals surface area contributed by atoms with Crippen LogP contribution in [0.3, 0.4) is 0 Å². The van der Waals surface area contributed by atoms with Gasteiger partial charge in [-0.05, 0) is 35.1 Å². The number of carbonyl (C=O) groups is 2. The summed E-state index contributed by atoms with van der Waals surface area (Å²) in [4.78, 5) is 39.3. The van der Waals surface area contributed by atoms with Gasteiger partial charge in [0.2, 0.25) is 18.2 Å². The van der Waals surface area contributed by atoms with Gasteiger partial charge in [0.15, 0.2) is 0 Å². The number of aliphatic hydroxyl groups excluding tert-OH is 1. The van der Waals surface area contributed by atoms with Crippen LogP contribution in [0, 0.1) is 5.41 Å². The summed E-state index contributed by atoms with van der Waals surface area (Å²) in [5.74, 6) is -0.297. The van der Waals surface area contributed by atoms with Gasteiger partial charge in [-0.15, -0.1) is 4.99 Å². The predicted molar refractivity (Wildman–Crippen MR) is 147 cm³/mol. The Morgan fingerprint density at radius 2 is 1.98 bits per heavy atom. The molecule has 0 bridgehead atoms. The highest BCUT2D eigenvalue weighted by molar-refractivity contribution is 6.32. The lowest BCUT2D eigenvalue weighted by Gasteiger charge is -2.35. The number of nitrogens with zero attached hydrogens (tertiary/aromatic N) is 7. The number of hydrogen-bond acceptors (Lipinski definition) is 8. The topological polar surface area (TPSA) is 172 Å². The van der Waals surface area contributed by atoms with Crippen molar-refractivity contribution in [1.29, 1.82) is 0 Å². The number of nitrogens with one attached hydrogen (secondary N) is 1. The van der Waals surface area contributed by atoms with E-state index in [1.165, 1.54) is 28.6 Å². The molecule has 4 aromatic rings. The minimum Gasteiger partial charge on any atom is -0.463 e. The van der Waals surface area contributed by atoms with E-state index in [0.29, 0.717) is 33.2 Å². The van der Waals surface area contributed by atoms with E-state index in [2.05, 4.69) is 30.5 Å². The van der Waals surface area contributed by atoms with Crippen LogP contribution in [-0.4, -0.2) is 64.6 Å². The Balaban J connectivity index is 1.63. The van der Waals surface area contributed by atoms with Gasteiger partial charge in [0.1, 0.15) is 18.2 Å². The molecule has 0 unspecified atom stereocenters. The third-order valence-corrected chi connectivity index (χ3v) is 6.96. The van der Waals surface area contributed by atoms with E-state index in [0.717, 1.165) is 0 Å². The molecule has 212 valence electrons. The second-order valence-electron chi connectivity index (χ2n) is 10.7. The molecule has 2 aromatic carbocycles. The molecule has 2 amide bonds. The van der Waals surface area contributed by atoms with Crippen LogP contribution in [0.5, 0.6) is 0 Å². The van der Waals surface area contributed by atoms with E-state index in [1.54, 1.807) is 42.5 Å². The van der Waals surface area contributed by atoms with E-state index in [4.69, 9.17) is 16.1 Å². The first-order chi connectivity index (χ1) is 19.5. The Labute approximate surface area is 239 Å². The molecule has 3 N–H and O–H groups in total. The van der Waals surface area contributed by atoms with Gasteiger partial charge in [-0.3, -0.25) is 9.69 Å². The quantitative estimate of drug-likeness (QED) is 0.293. The molecular formula is C27H27ClN8O5. The number of aliphatic hydroxyl groups is 1. The molecule has 5 rings (SSSR count). The maximum atomic E-state index is 14.6. The normalized spacial score (nSPS) is 19.0. The number of halogens is 1. The smallest absolute Gasteiger partial charge is 0.434 e. The summed E-state index contributed by atoms with van der Waals surface area (Å²) in [5, 5.41) is 31.7. The number of aliphatic imine (C=N–C) groups is 1. The fourth-order valence-corrected chi connectivity index (χ4v) is 5.27. The highest BCUT2D eigenvalue weighted by atomic mass is 35.5. The Morgan fingerprint density at radius 3 is 2.56 bits per heavy atom. The van der Waals surface area contributed by atoms with Gasteiger partial charge < -0.3 is 20.1 Å². The van der Waals surface area contributed by atoms with Crippen molar-refractivity contribution >= 4 is 29.6 Å². The van der Waals surface area contributed by atoms with Crippen molar-refractivity contribution in [3.05, 3.63) is 77.7 Å². The zero-order valence-corrected chi connectivity index (χ0v) is 23.1. The first-order valence-corrected chi connectivity index (χ1v) is 13.0. The van der Waals surface area contributed by atoms with Gasteiger partial charge in [-0.25, -0.2) is 14.5 Å². The number of aromatic nitrogens is 5. The highest BCUT2D eigenvalue weighted by Crippen LogP contribution is 2.43. The highest BCUT2D eigenvalue weighted by Gasteiger charge is 2.55. The zero-order chi connectivity index (χ0) is 29.4. The Morgan fingerprint density at radius 1 is 1.22 bits per heavy atom. The van der Waals surface area contributed by atoms with Gasteiger partial charge in [0, 0.05) is 5.56 Å². The minimum absolute atomic E-state index is 0.203. The van der Waals surface area contributed by atoms with Crippen LogP contribution in [0.4, 0.5) is 4.79 Å². The van der Waals surface area contributed by atoms with E-state index < -0.39 is 35.6 Å². The lowest BCUT2D eigenvalue weighted by molar-refractivity contribution is -0.134. The van der Waals surface area contributed by atoms with Gasteiger partial charge in [-0.2, -0.15) is 10.1 Å². The molecule has 1 aliphatic rings. The zero-order valence-electron chi connectivity index (χ0n) is 22.4. The van der Waals surface area contributed by atoms with Crippen molar-refractivity contribution < 1.29 is 24.3 Å². The molecule has 14 heteroatoms. The lowest BCUT2D eigenvalue weighted by atomic mass is 9.75. The van der Waals surface area contributed by atoms with Crippen molar-refractivity contribution in [2.75, 3.05) is 6.61 Å². The molecule has 2 atom stereocenters. The van der Waals surface area contributed by atoms with E-state index in [9.17, 15) is 19.8 Å². The number of guanidine groups is 1. The summed E-state index contributed by atoms with van der Waals surface area (Å²) in [5.41, 5.74) is 0.390. The molecule has 13 nitrogen and oxygen atoms in total. The summed E-state index contributed by atoms with van der Waals surface area (Å²) in [6.45, 7) is 5.39. The standard InChI is InChI=1S/C27H27ClN8O5/c1-26(2,3)12-27(18-7-4-16(5-8-18)22-30-15-41-34-22)23(38)36(24(33-27)32-25(39)40)21(11-37)17-6-9-19(28)20(10-17)35-14-29-13-31-35/h4-10,13-15,21,37H,11-12H2,1-3H3,(H,32,33)(H,39,40)/t21-,27-/m1/s1. The molecule has 41 heavy (non-hydrogen) atoms. The van der Waals surface area contributed by atoms with Crippen LogP contribution in [0.1, 0.15) is 44.4 Å². The number of carbonyl (C=O) groups excluding carboxylic acids is 1. The number of carboxylic acid groups (broad SMARTS) is 1. The largest absolute Gasteiger partial charge is 0.463 e. The monoisotopic (exact) mass is 578 g/mol. The molecule has 1 saturated heterocycles. The van der Waals surface area contributed by atoms with Crippen LogP contribution in [0.25, 0.3) is 17.1 Å². The Kier molecular flexibility index (Phi) is 7.32. The Bertz CT molecular complexity index is 1580. The fourth-order valence-electron chi connectivity index (χ4n) is 5.06. The van der Waals surface area contributed by atoms with Gasteiger partial charge in [-0.1, -0.05) is 67.9 Å². The van der Waals surface area contributed by atoms with Crippen LogP contribution < -0.4 is 5.32 Å². The van der Waals surface area contributed by atoms with Gasteiger partial charge >= 0.3 is 6.09 Å². The third kappa shape index (κ3) is 5.41.